The summed E-state index contributed by atoms with van der Waals surface area (Å²) in [5, 5.41) is 35.7. The maximum atomic E-state index is 9.63. The summed E-state index contributed by atoms with van der Waals surface area (Å²) in [7, 11) is 0. The van der Waals surface area contributed by atoms with Crippen molar-refractivity contribution in [2.75, 3.05) is 0 Å². The third-order valence-corrected chi connectivity index (χ3v) is 0.782. The van der Waals surface area contributed by atoms with Gasteiger partial charge in [0.15, 0.2) is 0 Å². The molecular formula is C4H6KO8Sb. The number of carbonyl (C=O) groups excluding carboxylic acids is 2. The standard InChI is InChI=1S/C4H6O6.K.H2O.O.Sb/c5-1(3(7)8)2(6)4(9)10;;;;/h1-2,5-6H,(H,7,8)(H,9,10);;1H2;;/q;+1;;;+1/p-2/t1-,2-;;;;/m1..../s1. The van der Waals surface area contributed by atoms with Crippen LogP contribution in [-0.4, -0.2) is 62.8 Å². The Bertz CT molecular complexity index is 157. The first-order valence-electron chi connectivity index (χ1n) is 2.43. The molecule has 10 heteroatoms. The Balaban J connectivity index is -0.000000117. The Morgan fingerprint density at radius 2 is 1.14 bits per heavy atom. The molecule has 0 fully saturated rings. The molecule has 0 aliphatic rings. The molecule has 8 nitrogen and oxygen atoms in total. The van der Waals surface area contributed by atoms with Crippen LogP contribution in [-0.2, 0) is 12.6 Å². The first-order chi connectivity index (χ1) is 5.46. The number of carbonyl (C=O) groups is 2. The van der Waals surface area contributed by atoms with Crippen LogP contribution in [0.5, 0.6) is 0 Å². The third-order valence-electron chi connectivity index (χ3n) is 0.782. The van der Waals surface area contributed by atoms with Crippen molar-refractivity contribution in [2.45, 2.75) is 12.2 Å². The second-order valence-corrected chi connectivity index (χ2v) is 1.53. The minimum absolute atomic E-state index is 0. The van der Waals surface area contributed by atoms with Crippen LogP contribution < -0.4 is 61.6 Å². The van der Waals surface area contributed by atoms with Crippen molar-refractivity contribution in [3.63, 3.8) is 0 Å². The summed E-state index contributed by atoms with van der Waals surface area (Å²) >= 11 is 0.500. The van der Waals surface area contributed by atoms with Gasteiger partial charge in [0.2, 0.25) is 0 Å². The predicted octanol–water partition coefficient (Wildman–Crippen LogP) is -9.11. The van der Waals surface area contributed by atoms with E-state index in [-0.39, 0.29) is 56.9 Å². The molecule has 14 heavy (non-hydrogen) atoms. The van der Waals surface area contributed by atoms with Gasteiger partial charge in [-0.15, -0.1) is 0 Å². The van der Waals surface area contributed by atoms with Crippen LogP contribution in [0.1, 0.15) is 0 Å². The Kier molecular flexibility index (Phi) is 24.5. The minimum atomic E-state index is -2.44. The Labute approximate surface area is 135 Å². The van der Waals surface area contributed by atoms with Gasteiger partial charge in [0.05, 0.1) is 11.9 Å². The van der Waals surface area contributed by atoms with Crippen LogP contribution in [0.15, 0.2) is 0 Å². The first kappa shape index (κ1) is 24.3. The quantitative estimate of drug-likeness (QED) is 0.479. The number of carboxylic acid groups (broad SMARTS) is 2. The molecule has 0 amide bonds. The van der Waals surface area contributed by atoms with Gasteiger partial charge < -0.3 is 35.5 Å². The molecular weight excluding hydrogens is 337 g/mol. The zero-order valence-corrected chi connectivity index (χ0v) is 12.7. The van der Waals surface area contributed by atoms with E-state index in [1.54, 1.807) is 0 Å². The maximum absolute atomic E-state index is 9.63. The van der Waals surface area contributed by atoms with Crippen LogP contribution in [0, 0.1) is 0 Å². The van der Waals surface area contributed by atoms with Crippen LogP contribution in [0.3, 0.4) is 0 Å². The SMILES string of the molecule is O.O=C([O-])[C@H](O)[C@@H](O)C(=O)[O-].[K+].[O]=[Sb+]. The third kappa shape index (κ3) is 11.2. The van der Waals surface area contributed by atoms with Crippen molar-refractivity contribution < 1.29 is 89.9 Å². The van der Waals surface area contributed by atoms with E-state index >= 15 is 0 Å². The van der Waals surface area contributed by atoms with Crippen molar-refractivity contribution in [1.82, 2.24) is 0 Å². The van der Waals surface area contributed by atoms with Gasteiger partial charge in [-0.1, -0.05) is 0 Å². The molecule has 0 saturated heterocycles. The van der Waals surface area contributed by atoms with Gasteiger partial charge >= 0.3 is 77.4 Å². The number of carboxylic acids is 2. The molecule has 0 rings (SSSR count). The average Bonchev–Trinajstić information content (AvgIpc) is 2.05. The fourth-order valence-corrected chi connectivity index (χ4v) is 0.258. The summed E-state index contributed by atoms with van der Waals surface area (Å²) in [6, 6.07) is 0. The van der Waals surface area contributed by atoms with E-state index < -0.39 is 24.1 Å². The number of aliphatic hydroxyl groups excluding tert-OH is 2. The van der Waals surface area contributed by atoms with Gasteiger partial charge in [-0.25, -0.2) is 0 Å². The van der Waals surface area contributed by atoms with Crippen LogP contribution in [0.4, 0.5) is 0 Å². The normalized spacial score (nSPS) is 11.6. The van der Waals surface area contributed by atoms with Crippen LogP contribution >= 0.6 is 0 Å². The molecule has 0 spiro atoms. The Morgan fingerprint density at radius 3 is 1.21 bits per heavy atom. The van der Waals surface area contributed by atoms with Crippen molar-refractivity contribution in [3.05, 3.63) is 0 Å². The zero-order valence-electron chi connectivity index (χ0n) is 7.04. The van der Waals surface area contributed by atoms with Crippen LogP contribution in [0.25, 0.3) is 0 Å². The van der Waals surface area contributed by atoms with E-state index in [9.17, 15) is 19.8 Å². The molecule has 0 aliphatic carbocycles. The number of aliphatic carboxylic acids is 2. The molecule has 0 bridgehead atoms. The zero-order chi connectivity index (χ0) is 10.3. The first-order valence-corrected chi connectivity index (χ1v) is 3.47. The second kappa shape index (κ2) is 14.1. The fourth-order valence-electron chi connectivity index (χ4n) is 0.258. The second-order valence-electron chi connectivity index (χ2n) is 1.53. The average molecular weight is 343 g/mol. The van der Waals surface area contributed by atoms with Crippen molar-refractivity contribution in [1.29, 1.82) is 0 Å². The molecule has 0 saturated carbocycles. The van der Waals surface area contributed by atoms with Gasteiger partial charge in [0.25, 0.3) is 0 Å². The molecule has 2 atom stereocenters. The molecule has 0 heterocycles. The number of aliphatic hydroxyl groups is 2. The Hall–Kier alpha value is 1.07. The summed E-state index contributed by atoms with van der Waals surface area (Å²) < 4.78 is 8.30. The summed E-state index contributed by atoms with van der Waals surface area (Å²) in [6.07, 6.45) is -4.88. The molecule has 76 valence electrons. The summed E-state index contributed by atoms with van der Waals surface area (Å²) in [4.78, 5) is 19.3. The van der Waals surface area contributed by atoms with E-state index in [0.717, 1.165) is 0 Å². The van der Waals surface area contributed by atoms with E-state index in [2.05, 4.69) is 0 Å². The van der Waals surface area contributed by atoms with E-state index in [1.165, 1.54) is 0 Å². The summed E-state index contributed by atoms with van der Waals surface area (Å²) in [5.41, 5.74) is 0. The number of hydrogen-bond donors (Lipinski definition) is 2. The topological polar surface area (TPSA) is 169 Å². The van der Waals surface area contributed by atoms with Gasteiger partial charge in [-0.2, -0.15) is 0 Å². The molecule has 0 aromatic carbocycles. The summed E-state index contributed by atoms with van der Waals surface area (Å²) in [6.45, 7) is 0. The predicted molar refractivity (Wildman–Crippen MR) is 32.1 cm³/mol. The van der Waals surface area contributed by atoms with Crippen molar-refractivity contribution >= 4 is 35.0 Å². The molecule has 4 N–H and O–H groups in total. The van der Waals surface area contributed by atoms with Gasteiger partial charge in [0.1, 0.15) is 12.2 Å². The Morgan fingerprint density at radius 1 is 1.00 bits per heavy atom. The number of hydrogen-bond acceptors (Lipinski definition) is 7. The van der Waals surface area contributed by atoms with E-state index in [1.807, 2.05) is 0 Å². The van der Waals surface area contributed by atoms with E-state index in [4.69, 9.17) is 13.2 Å². The molecule has 2 radical (unpaired) electrons. The molecule has 0 unspecified atom stereocenters. The molecule has 0 aromatic heterocycles. The molecule has 0 aromatic rings. The number of rotatable bonds is 3. The van der Waals surface area contributed by atoms with Crippen molar-refractivity contribution in [3.8, 4) is 0 Å². The van der Waals surface area contributed by atoms with Crippen LogP contribution in [0.2, 0.25) is 0 Å². The fraction of sp³-hybridized carbons (Fsp3) is 0.500. The van der Waals surface area contributed by atoms with Gasteiger partial charge in [0, 0.05) is 0 Å². The van der Waals surface area contributed by atoms with Crippen molar-refractivity contribution in [2.24, 2.45) is 0 Å². The van der Waals surface area contributed by atoms with Gasteiger partial charge in [-0.05, 0) is 0 Å². The van der Waals surface area contributed by atoms with Gasteiger partial charge in [-0.3, -0.25) is 0 Å². The summed E-state index contributed by atoms with van der Waals surface area (Å²) in [5.74, 6) is -4.12. The molecule has 0 aliphatic heterocycles. The monoisotopic (exact) mass is 342 g/mol. The van der Waals surface area contributed by atoms with E-state index in [0.29, 0.717) is 23.0 Å².